The van der Waals surface area contributed by atoms with Crippen LogP contribution in [0.1, 0.15) is 54.1 Å². The van der Waals surface area contributed by atoms with Gasteiger partial charge in [-0.05, 0) is 55.9 Å². The number of alkyl halides is 1. The first-order valence-corrected chi connectivity index (χ1v) is 8.54. The van der Waals surface area contributed by atoms with Gasteiger partial charge in [0.1, 0.15) is 0 Å². The van der Waals surface area contributed by atoms with Gasteiger partial charge in [-0.2, -0.15) is 0 Å². The van der Waals surface area contributed by atoms with Crippen LogP contribution in [0.4, 0.5) is 0 Å². The van der Waals surface area contributed by atoms with E-state index in [2.05, 4.69) is 42.0 Å². The molecule has 2 unspecified atom stereocenters. The maximum Gasteiger partial charge on any atom is 0.251 e. The van der Waals surface area contributed by atoms with Gasteiger partial charge < -0.3 is 5.32 Å². The molecule has 1 N–H and O–H groups in total. The van der Waals surface area contributed by atoms with E-state index in [1.54, 1.807) is 0 Å². The third-order valence-corrected chi connectivity index (χ3v) is 5.57. The van der Waals surface area contributed by atoms with Gasteiger partial charge in [0.05, 0.1) is 5.54 Å². The van der Waals surface area contributed by atoms with Gasteiger partial charge in [0.2, 0.25) is 0 Å². The van der Waals surface area contributed by atoms with E-state index < -0.39 is 0 Å². The molecule has 2 atom stereocenters. The van der Waals surface area contributed by atoms with Crippen molar-refractivity contribution in [2.45, 2.75) is 52.0 Å². The quantitative estimate of drug-likeness (QED) is 0.815. The number of hydrogen-bond acceptors (Lipinski definition) is 1. The van der Waals surface area contributed by atoms with E-state index >= 15 is 0 Å². The van der Waals surface area contributed by atoms with Gasteiger partial charge in [0, 0.05) is 10.9 Å². The molecule has 0 aromatic heterocycles. The summed E-state index contributed by atoms with van der Waals surface area (Å²) in [6, 6.07) is 5.93. The first-order chi connectivity index (χ1) is 9.46. The van der Waals surface area contributed by atoms with Gasteiger partial charge in [0.25, 0.3) is 5.91 Å². The fourth-order valence-corrected chi connectivity index (χ4v) is 3.77. The summed E-state index contributed by atoms with van der Waals surface area (Å²) in [5.74, 6) is 0.739. The predicted octanol–water partition coefficient (Wildman–Crippen LogP) is 4.38. The highest BCUT2D eigenvalue weighted by molar-refractivity contribution is 9.09. The van der Waals surface area contributed by atoms with Crippen molar-refractivity contribution in [3.63, 3.8) is 0 Å². The van der Waals surface area contributed by atoms with Crippen LogP contribution in [0.15, 0.2) is 18.2 Å². The van der Waals surface area contributed by atoms with Crippen molar-refractivity contribution in [1.82, 2.24) is 5.32 Å². The Labute approximate surface area is 130 Å². The Kier molecular flexibility index (Phi) is 4.90. The van der Waals surface area contributed by atoms with Gasteiger partial charge in [-0.3, -0.25) is 4.79 Å². The highest BCUT2D eigenvalue weighted by atomic mass is 79.9. The standard InChI is InChI=1S/C17H24BrNO/c1-12-5-4-8-17(10-12,11-18)19-16(20)15-7-6-13(2)14(3)9-15/h6-7,9,12H,4-5,8,10-11H2,1-3H3,(H,19,20). The summed E-state index contributed by atoms with van der Waals surface area (Å²) < 4.78 is 0. The second-order valence-electron chi connectivity index (χ2n) is 6.37. The number of aryl methyl sites for hydroxylation is 2. The minimum atomic E-state index is -0.0759. The second-order valence-corrected chi connectivity index (χ2v) is 6.93. The van der Waals surface area contributed by atoms with Gasteiger partial charge >= 0.3 is 0 Å². The van der Waals surface area contributed by atoms with Crippen molar-refractivity contribution >= 4 is 21.8 Å². The molecule has 1 aromatic rings. The zero-order chi connectivity index (χ0) is 14.8. The number of benzene rings is 1. The maximum atomic E-state index is 12.5. The molecule has 2 nitrogen and oxygen atoms in total. The normalized spacial score (nSPS) is 26.3. The molecule has 0 heterocycles. The summed E-state index contributed by atoms with van der Waals surface area (Å²) >= 11 is 3.61. The molecule has 1 amide bonds. The van der Waals surface area contributed by atoms with Gasteiger partial charge in [-0.25, -0.2) is 0 Å². The maximum absolute atomic E-state index is 12.5. The number of amides is 1. The smallest absolute Gasteiger partial charge is 0.251 e. The first-order valence-electron chi connectivity index (χ1n) is 7.41. The molecule has 110 valence electrons. The van der Waals surface area contributed by atoms with E-state index in [1.807, 2.05) is 18.2 Å². The molecule has 0 bridgehead atoms. The Hall–Kier alpha value is -0.830. The van der Waals surface area contributed by atoms with E-state index in [0.29, 0.717) is 5.92 Å². The van der Waals surface area contributed by atoms with E-state index in [0.717, 1.165) is 23.7 Å². The molecule has 20 heavy (non-hydrogen) atoms. The van der Waals surface area contributed by atoms with Gasteiger partial charge in [-0.15, -0.1) is 0 Å². The number of carbonyl (C=O) groups is 1. The van der Waals surface area contributed by atoms with Crippen LogP contribution in [0.5, 0.6) is 0 Å². The fourth-order valence-electron chi connectivity index (χ4n) is 3.12. The summed E-state index contributed by atoms with van der Waals surface area (Å²) in [5, 5.41) is 4.12. The second kappa shape index (κ2) is 6.30. The molecule has 1 aromatic carbocycles. The summed E-state index contributed by atoms with van der Waals surface area (Å²) in [6.45, 7) is 6.40. The van der Waals surface area contributed by atoms with E-state index in [9.17, 15) is 4.79 Å². The molecule has 2 rings (SSSR count). The third kappa shape index (κ3) is 3.43. The molecule has 3 heteroatoms. The number of rotatable bonds is 3. The lowest BCUT2D eigenvalue weighted by molar-refractivity contribution is 0.0869. The van der Waals surface area contributed by atoms with Gasteiger partial charge in [0.15, 0.2) is 0 Å². The summed E-state index contributed by atoms with van der Waals surface area (Å²) in [7, 11) is 0. The minimum absolute atomic E-state index is 0.0571. The Morgan fingerprint density at radius 2 is 2.15 bits per heavy atom. The number of halogens is 1. The molecule has 0 aliphatic heterocycles. The van der Waals surface area contributed by atoms with Crippen LogP contribution in [0, 0.1) is 19.8 Å². The molecule has 0 radical (unpaired) electrons. The van der Waals surface area contributed by atoms with Crippen LogP contribution < -0.4 is 5.32 Å². The fraction of sp³-hybridized carbons (Fsp3) is 0.588. The molecule has 1 fully saturated rings. The summed E-state index contributed by atoms with van der Waals surface area (Å²) in [6.07, 6.45) is 4.60. The Morgan fingerprint density at radius 1 is 1.40 bits per heavy atom. The molecule has 1 aliphatic carbocycles. The average molecular weight is 338 g/mol. The lowest BCUT2D eigenvalue weighted by Gasteiger charge is -2.39. The molecule has 0 saturated heterocycles. The largest absolute Gasteiger partial charge is 0.346 e. The average Bonchev–Trinajstić information content (AvgIpc) is 2.41. The Balaban J connectivity index is 2.14. The molecular weight excluding hydrogens is 314 g/mol. The Bertz CT molecular complexity index is 500. The highest BCUT2D eigenvalue weighted by Gasteiger charge is 2.35. The lowest BCUT2D eigenvalue weighted by atomic mass is 9.77. The van der Waals surface area contributed by atoms with Crippen molar-refractivity contribution < 1.29 is 4.79 Å². The monoisotopic (exact) mass is 337 g/mol. The van der Waals surface area contributed by atoms with Crippen molar-refractivity contribution in [2.75, 3.05) is 5.33 Å². The highest BCUT2D eigenvalue weighted by Crippen LogP contribution is 2.33. The molecular formula is C17H24BrNO. The number of hydrogen-bond donors (Lipinski definition) is 1. The van der Waals surface area contributed by atoms with Crippen molar-refractivity contribution in [3.8, 4) is 0 Å². The van der Waals surface area contributed by atoms with Gasteiger partial charge in [-0.1, -0.05) is 41.8 Å². The predicted molar refractivity (Wildman–Crippen MR) is 87.5 cm³/mol. The molecule has 0 spiro atoms. The van der Waals surface area contributed by atoms with Crippen LogP contribution in [0.3, 0.4) is 0 Å². The SMILES string of the molecule is Cc1ccc(C(=O)NC2(CBr)CCCC(C)C2)cc1C. The molecule has 1 saturated carbocycles. The number of nitrogens with one attached hydrogen (secondary N) is 1. The topological polar surface area (TPSA) is 29.1 Å². The van der Waals surface area contributed by atoms with Crippen LogP contribution in [0.2, 0.25) is 0 Å². The van der Waals surface area contributed by atoms with Crippen LogP contribution in [0.25, 0.3) is 0 Å². The zero-order valence-corrected chi connectivity index (χ0v) is 14.2. The summed E-state index contributed by atoms with van der Waals surface area (Å²) in [5.41, 5.74) is 3.09. The molecule has 1 aliphatic rings. The zero-order valence-electron chi connectivity index (χ0n) is 12.6. The van der Waals surface area contributed by atoms with E-state index in [1.165, 1.54) is 24.0 Å². The van der Waals surface area contributed by atoms with Crippen LogP contribution in [-0.4, -0.2) is 16.8 Å². The third-order valence-electron chi connectivity index (χ3n) is 4.50. The van der Waals surface area contributed by atoms with Crippen LogP contribution in [-0.2, 0) is 0 Å². The number of carbonyl (C=O) groups excluding carboxylic acids is 1. The van der Waals surface area contributed by atoms with Crippen LogP contribution >= 0.6 is 15.9 Å². The Morgan fingerprint density at radius 3 is 2.75 bits per heavy atom. The van der Waals surface area contributed by atoms with Crippen molar-refractivity contribution in [2.24, 2.45) is 5.92 Å². The first kappa shape index (κ1) is 15.6. The van der Waals surface area contributed by atoms with Crippen molar-refractivity contribution in [3.05, 3.63) is 34.9 Å². The van der Waals surface area contributed by atoms with E-state index in [4.69, 9.17) is 0 Å². The van der Waals surface area contributed by atoms with Crippen molar-refractivity contribution in [1.29, 1.82) is 0 Å². The minimum Gasteiger partial charge on any atom is -0.346 e. The summed E-state index contributed by atoms with van der Waals surface area (Å²) in [4.78, 5) is 12.5. The van der Waals surface area contributed by atoms with E-state index in [-0.39, 0.29) is 11.4 Å². The lowest BCUT2D eigenvalue weighted by Crippen LogP contribution is -2.52.